The van der Waals surface area contributed by atoms with Gasteiger partial charge in [-0.2, -0.15) is 0 Å². The zero-order valence-corrected chi connectivity index (χ0v) is 15.9. The monoisotopic (exact) mass is 386 g/mol. The molecule has 1 saturated carbocycles. The van der Waals surface area contributed by atoms with Gasteiger partial charge >= 0.3 is 0 Å². The molecule has 0 atom stereocenters. The normalized spacial score (nSPS) is 18.9. The number of likely N-dealkylation sites (tertiary alicyclic amines) is 1. The van der Waals surface area contributed by atoms with E-state index in [1.165, 1.54) is 0 Å². The fraction of sp³-hybridized carbons (Fsp3) is 0.429. The van der Waals surface area contributed by atoms with E-state index in [4.69, 9.17) is 16.0 Å². The molecule has 1 N–H and O–H groups in total. The third kappa shape index (κ3) is 3.74. The van der Waals surface area contributed by atoms with Gasteiger partial charge < -0.3 is 14.6 Å². The Morgan fingerprint density at radius 3 is 2.59 bits per heavy atom. The summed E-state index contributed by atoms with van der Waals surface area (Å²) < 4.78 is 5.24. The van der Waals surface area contributed by atoms with Crippen LogP contribution in [0.4, 0.5) is 0 Å². The first-order valence-electron chi connectivity index (χ1n) is 9.44. The van der Waals surface area contributed by atoms with Crippen LogP contribution < -0.4 is 5.32 Å². The highest BCUT2D eigenvalue weighted by Crippen LogP contribution is 2.50. The molecule has 0 bridgehead atoms. The van der Waals surface area contributed by atoms with Crippen molar-refractivity contribution in [3.63, 3.8) is 0 Å². The Hall–Kier alpha value is -2.27. The minimum Gasteiger partial charge on any atom is -0.467 e. The maximum absolute atomic E-state index is 13.1. The lowest BCUT2D eigenvalue weighted by Gasteiger charge is -2.34. The lowest BCUT2D eigenvalue weighted by molar-refractivity contribution is -0.137. The quantitative estimate of drug-likeness (QED) is 0.855. The van der Waals surface area contributed by atoms with E-state index in [0.717, 1.165) is 24.2 Å². The topological polar surface area (TPSA) is 62.6 Å². The van der Waals surface area contributed by atoms with Gasteiger partial charge in [-0.25, -0.2) is 0 Å². The van der Waals surface area contributed by atoms with Crippen molar-refractivity contribution in [3.05, 3.63) is 59.0 Å². The molecule has 1 aromatic carbocycles. The van der Waals surface area contributed by atoms with E-state index in [-0.39, 0.29) is 17.7 Å². The van der Waals surface area contributed by atoms with Gasteiger partial charge in [0, 0.05) is 24.0 Å². The third-order valence-corrected chi connectivity index (χ3v) is 5.94. The number of nitrogens with one attached hydrogen (secondary N) is 1. The molecule has 2 fully saturated rings. The molecular formula is C21H23ClN2O3. The van der Waals surface area contributed by atoms with Gasteiger partial charge in [0.15, 0.2) is 0 Å². The minimum atomic E-state index is -0.403. The van der Waals surface area contributed by atoms with Crippen molar-refractivity contribution in [2.75, 3.05) is 13.1 Å². The molecule has 2 aromatic rings. The summed E-state index contributed by atoms with van der Waals surface area (Å²) >= 11 is 6.11. The highest BCUT2D eigenvalue weighted by atomic mass is 35.5. The summed E-state index contributed by atoms with van der Waals surface area (Å²) in [4.78, 5) is 27.4. The van der Waals surface area contributed by atoms with Gasteiger partial charge in [0.05, 0.1) is 18.2 Å². The first-order chi connectivity index (χ1) is 13.1. The average Bonchev–Trinajstić information content (AvgIpc) is 3.34. The van der Waals surface area contributed by atoms with Crippen LogP contribution in [0.5, 0.6) is 0 Å². The third-order valence-electron chi connectivity index (χ3n) is 5.71. The number of halogens is 1. The molecule has 1 aliphatic carbocycles. The molecule has 1 aliphatic heterocycles. The van der Waals surface area contributed by atoms with Crippen molar-refractivity contribution in [1.29, 1.82) is 0 Å². The second-order valence-electron chi connectivity index (χ2n) is 7.46. The smallest absolute Gasteiger partial charge is 0.233 e. The van der Waals surface area contributed by atoms with Crippen LogP contribution in [-0.2, 0) is 21.5 Å². The van der Waals surface area contributed by atoms with Gasteiger partial charge in [0.1, 0.15) is 5.76 Å². The van der Waals surface area contributed by atoms with Gasteiger partial charge in [-0.3, -0.25) is 9.59 Å². The number of rotatable bonds is 5. The molecule has 2 aliphatic rings. The number of hydrogen-bond donors (Lipinski definition) is 1. The average molecular weight is 387 g/mol. The van der Waals surface area contributed by atoms with Crippen molar-refractivity contribution in [2.45, 2.75) is 37.6 Å². The van der Waals surface area contributed by atoms with E-state index >= 15 is 0 Å². The number of carbonyl (C=O) groups excluding carboxylic acids is 2. The van der Waals surface area contributed by atoms with Crippen LogP contribution in [0.15, 0.2) is 47.1 Å². The Balaban J connectivity index is 1.32. The van der Waals surface area contributed by atoms with E-state index < -0.39 is 5.41 Å². The number of furan rings is 1. The molecule has 4 rings (SSSR count). The molecule has 5 nitrogen and oxygen atoms in total. The standard InChI is InChI=1S/C21H23ClN2O3/c22-17-4-1-3-16(13-17)21(8-9-21)20(26)24-10-6-15(7-11-24)19(25)23-14-18-5-2-12-27-18/h1-5,12-13,15H,6-11,14H2,(H,23,25). The highest BCUT2D eigenvalue weighted by molar-refractivity contribution is 6.30. The molecule has 2 heterocycles. The van der Waals surface area contributed by atoms with Crippen LogP contribution in [0.1, 0.15) is 37.0 Å². The lowest BCUT2D eigenvalue weighted by atomic mass is 9.91. The fourth-order valence-corrected chi connectivity index (χ4v) is 4.11. The molecule has 2 amide bonds. The van der Waals surface area contributed by atoms with Gasteiger partial charge in [-0.15, -0.1) is 0 Å². The second-order valence-corrected chi connectivity index (χ2v) is 7.89. The molecule has 142 valence electrons. The first-order valence-corrected chi connectivity index (χ1v) is 9.82. The maximum atomic E-state index is 13.1. The number of hydrogen-bond acceptors (Lipinski definition) is 3. The molecule has 27 heavy (non-hydrogen) atoms. The zero-order chi connectivity index (χ0) is 18.9. The Kier molecular flexibility index (Phi) is 4.96. The van der Waals surface area contributed by atoms with Crippen molar-refractivity contribution < 1.29 is 14.0 Å². The predicted molar refractivity (Wildman–Crippen MR) is 102 cm³/mol. The first kappa shape index (κ1) is 18.1. The van der Waals surface area contributed by atoms with Crippen LogP contribution in [0.3, 0.4) is 0 Å². The van der Waals surface area contributed by atoms with E-state index in [1.807, 2.05) is 35.2 Å². The maximum Gasteiger partial charge on any atom is 0.233 e. The van der Waals surface area contributed by atoms with Crippen LogP contribution in [0.25, 0.3) is 0 Å². The Morgan fingerprint density at radius 2 is 1.96 bits per heavy atom. The molecule has 0 radical (unpaired) electrons. The molecule has 6 heteroatoms. The summed E-state index contributed by atoms with van der Waals surface area (Å²) in [6.07, 6.45) is 4.73. The largest absolute Gasteiger partial charge is 0.467 e. The van der Waals surface area contributed by atoms with Crippen LogP contribution in [-0.4, -0.2) is 29.8 Å². The summed E-state index contributed by atoms with van der Waals surface area (Å²) in [5, 5.41) is 3.59. The second kappa shape index (κ2) is 7.39. The van der Waals surface area contributed by atoms with Gasteiger partial charge in [-0.05, 0) is 55.5 Å². The zero-order valence-electron chi connectivity index (χ0n) is 15.1. The van der Waals surface area contributed by atoms with Crippen LogP contribution in [0.2, 0.25) is 5.02 Å². The van der Waals surface area contributed by atoms with Gasteiger partial charge in [-0.1, -0.05) is 23.7 Å². The van der Waals surface area contributed by atoms with Crippen LogP contribution >= 0.6 is 11.6 Å². The van der Waals surface area contributed by atoms with E-state index in [1.54, 1.807) is 12.3 Å². The summed E-state index contributed by atoms with van der Waals surface area (Å²) in [6, 6.07) is 11.3. The Bertz CT molecular complexity index is 822. The van der Waals surface area contributed by atoms with Crippen LogP contribution in [0, 0.1) is 5.92 Å². The molecule has 0 unspecified atom stereocenters. The van der Waals surface area contributed by atoms with E-state index in [0.29, 0.717) is 37.5 Å². The molecule has 1 saturated heterocycles. The molecular weight excluding hydrogens is 364 g/mol. The number of benzene rings is 1. The SMILES string of the molecule is O=C(NCc1ccco1)C1CCN(C(=O)C2(c3cccc(Cl)c3)CC2)CC1. The van der Waals surface area contributed by atoms with Crippen molar-refractivity contribution in [3.8, 4) is 0 Å². The summed E-state index contributed by atoms with van der Waals surface area (Å²) in [6.45, 7) is 1.66. The molecule has 0 spiro atoms. The van der Waals surface area contributed by atoms with Crippen molar-refractivity contribution in [2.24, 2.45) is 5.92 Å². The van der Waals surface area contributed by atoms with Gasteiger partial charge in [0.25, 0.3) is 0 Å². The van der Waals surface area contributed by atoms with Crippen molar-refractivity contribution >= 4 is 23.4 Å². The fourth-order valence-electron chi connectivity index (χ4n) is 3.92. The lowest BCUT2D eigenvalue weighted by Crippen LogP contribution is -2.46. The number of carbonyl (C=O) groups is 2. The van der Waals surface area contributed by atoms with Gasteiger partial charge in [0.2, 0.25) is 11.8 Å². The predicted octanol–water partition coefficient (Wildman–Crippen LogP) is 3.52. The number of piperidine rings is 1. The Morgan fingerprint density at radius 1 is 1.19 bits per heavy atom. The highest BCUT2D eigenvalue weighted by Gasteiger charge is 2.53. The van der Waals surface area contributed by atoms with E-state index in [9.17, 15) is 9.59 Å². The van der Waals surface area contributed by atoms with E-state index in [2.05, 4.69) is 5.32 Å². The summed E-state index contributed by atoms with van der Waals surface area (Å²) in [5.41, 5.74) is 0.609. The molecule has 1 aromatic heterocycles. The Labute approximate surface area is 163 Å². The number of amides is 2. The summed E-state index contributed by atoms with van der Waals surface area (Å²) in [7, 11) is 0. The minimum absolute atomic E-state index is 0.0366. The number of nitrogens with zero attached hydrogens (tertiary/aromatic N) is 1. The van der Waals surface area contributed by atoms with Crippen molar-refractivity contribution in [1.82, 2.24) is 10.2 Å². The summed E-state index contributed by atoms with van der Waals surface area (Å²) in [5.74, 6) is 0.909.